The fourth-order valence-electron chi connectivity index (χ4n) is 3.24. The molecule has 0 spiro atoms. The number of hydrogen-bond acceptors (Lipinski definition) is 5. The van der Waals surface area contributed by atoms with Gasteiger partial charge in [0.15, 0.2) is 5.03 Å². The fourth-order valence-corrected chi connectivity index (χ4v) is 4.92. The standard InChI is InChI=1S/C22H25ClN4O4S/c1-15-11-17(9-10-24-15)32(30,31)20-12-16(13-26(21(28)29)14-22(2,3)4)25-27(20)19-8-6-5-7-18(19)23/h5-12H,13-14H2,1-4H3,(H,28,29). The third kappa shape index (κ3) is 5.28. The molecule has 0 aliphatic rings. The normalized spacial score (nSPS) is 12.0. The Bertz CT molecular complexity index is 1250. The Labute approximate surface area is 192 Å². The average Bonchev–Trinajstić information content (AvgIpc) is 3.11. The van der Waals surface area contributed by atoms with Crippen LogP contribution in [0.25, 0.3) is 5.69 Å². The van der Waals surface area contributed by atoms with E-state index in [1.807, 2.05) is 20.8 Å². The molecule has 0 atom stereocenters. The molecule has 3 rings (SSSR count). The van der Waals surface area contributed by atoms with E-state index in [1.165, 1.54) is 34.0 Å². The number of pyridine rings is 1. The van der Waals surface area contributed by atoms with Gasteiger partial charge in [0, 0.05) is 24.5 Å². The van der Waals surface area contributed by atoms with Crippen LogP contribution in [0.3, 0.4) is 0 Å². The molecule has 32 heavy (non-hydrogen) atoms. The van der Waals surface area contributed by atoms with Crippen molar-refractivity contribution in [1.82, 2.24) is 19.7 Å². The first kappa shape index (κ1) is 23.7. The van der Waals surface area contributed by atoms with Crippen LogP contribution in [0.1, 0.15) is 32.2 Å². The Kier molecular flexibility index (Phi) is 6.61. The van der Waals surface area contributed by atoms with Gasteiger partial charge >= 0.3 is 6.09 Å². The molecule has 2 aromatic heterocycles. The highest BCUT2D eigenvalue weighted by Gasteiger charge is 2.28. The number of hydrogen-bond donors (Lipinski definition) is 1. The lowest BCUT2D eigenvalue weighted by molar-refractivity contribution is 0.122. The van der Waals surface area contributed by atoms with Crippen molar-refractivity contribution < 1.29 is 18.3 Å². The van der Waals surface area contributed by atoms with Gasteiger partial charge < -0.3 is 10.0 Å². The number of carboxylic acid groups (broad SMARTS) is 1. The lowest BCUT2D eigenvalue weighted by Gasteiger charge is -2.27. The van der Waals surface area contributed by atoms with Gasteiger partial charge in [-0.05, 0) is 36.6 Å². The van der Waals surface area contributed by atoms with Gasteiger partial charge in [0.25, 0.3) is 0 Å². The Hall–Kier alpha value is -2.91. The van der Waals surface area contributed by atoms with E-state index in [-0.39, 0.29) is 28.4 Å². The van der Waals surface area contributed by atoms with E-state index in [1.54, 1.807) is 31.2 Å². The molecule has 0 bridgehead atoms. The predicted octanol–water partition coefficient (Wildman–Crippen LogP) is 4.59. The van der Waals surface area contributed by atoms with Crippen LogP contribution in [0.15, 0.2) is 58.6 Å². The summed E-state index contributed by atoms with van der Waals surface area (Å²) in [5.74, 6) is 0. The molecule has 1 aromatic carbocycles. The second kappa shape index (κ2) is 8.91. The maximum absolute atomic E-state index is 13.5. The zero-order valence-corrected chi connectivity index (χ0v) is 19.9. The lowest BCUT2D eigenvalue weighted by Crippen LogP contribution is -2.36. The summed E-state index contributed by atoms with van der Waals surface area (Å²) in [5, 5.41) is 14.3. The molecule has 10 heteroatoms. The number of halogens is 1. The van der Waals surface area contributed by atoms with Crippen molar-refractivity contribution in [2.75, 3.05) is 6.54 Å². The molecule has 3 aromatic rings. The van der Waals surface area contributed by atoms with Gasteiger partial charge in [-0.3, -0.25) is 4.98 Å². The summed E-state index contributed by atoms with van der Waals surface area (Å²) in [6.45, 7) is 7.66. The summed E-state index contributed by atoms with van der Waals surface area (Å²) >= 11 is 6.33. The van der Waals surface area contributed by atoms with Crippen LogP contribution in [0, 0.1) is 12.3 Å². The molecule has 8 nitrogen and oxygen atoms in total. The van der Waals surface area contributed by atoms with Gasteiger partial charge in [-0.2, -0.15) is 5.10 Å². The highest BCUT2D eigenvalue weighted by molar-refractivity contribution is 7.91. The van der Waals surface area contributed by atoms with Gasteiger partial charge in [-0.25, -0.2) is 17.9 Å². The zero-order valence-electron chi connectivity index (χ0n) is 18.3. The van der Waals surface area contributed by atoms with E-state index >= 15 is 0 Å². The number of sulfone groups is 1. The summed E-state index contributed by atoms with van der Waals surface area (Å²) < 4.78 is 28.2. The van der Waals surface area contributed by atoms with Gasteiger partial charge in [-0.15, -0.1) is 0 Å². The Morgan fingerprint density at radius 3 is 2.47 bits per heavy atom. The van der Waals surface area contributed by atoms with Crippen molar-refractivity contribution in [3.63, 3.8) is 0 Å². The highest BCUT2D eigenvalue weighted by atomic mass is 35.5. The van der Waals surface area contributed by atoms with Gasteiger partial charge in [0.05, 0.1) is 27.8 Å². The molecule has 0 saturated carbocycles. The molecule has 0 unspecified atom stereocenters. The first-order valence-electron chi connectivity index (χ1n) is 9.88. The van der Waals surface area contributed by atoms with Gasteiger partial charge in [-0.1, -0.05) is 44.5 Å². The minimum atomic E-state index is -3.99. The number of para-hydroxylation sites is 1. The minimum absolute atomic E-state index is 0.0644. The van der Waals surface area contributed by atoms with Gasteiger partial charge in [0.2, 0.25) is 9.84 Å². The van der Waals surface area contributed by atoms with Crippen LogP contribution in [0.4, 0.5) is 4.79 Å². The first-order valence-corrected chi connectivity index (χ1v) is 11.7. The quantitative estimate of drug-likeness (QED) is 0.557. The molecule has 0 fully saturated rings. The molecule has 0 aliphatic heterocycles. The van der Waals surface area contributed by atoms with E-state index in [0.717, 1.165) is 0 Å². The Balaban J connectivity index is 2.15. The first-order chi connectivity index (χ1) is 14.9. The molecule has 0 aliphatic carbocycles. The number of aryl methyl sites for hydroxylation is 1. The largest absolute Gasteiger partial charge is 0.465 e. The van der Waals surface area contributed by atoms with Crippen molar-refractivity contribution in [1.29, 1.82) is 0 Å². The summed E-state index contributed by atoms with van der Waals surface area (Å²) in [5.41, 5.74) is 0.938. The second-order valence-corrected chi connectivity index (χ2v) is 11.0. The number of aromatic nitrogens is 3. The number of nitrogens with zero attached hydrogens (tertiary/aromatic N) is 4. The molecule has 170 valence electrons. The third-order valence-corrected chi connectivity index (χ3v) is 6.59. The fraction of sp³-hybridized carbons (Fsp3) is 0.318. The lowest BCUT2D eigenvalue weighted by atomic mass is 9.96. The number of amides is 1. The maximum atomic E-state index is 13.5. The summed E-state index contributed by atoms with van der Waals surface area (Å²) in [6, 6.07) is 11.0. The number of rotatable bonds is 6. The van der Waals surface area contributed by atoms with Crippen molar-refractivity contribution >= 4 is 27.5 Å². The topological polar surface area (TPSA) is 105 Å². The van der Waals surface area contributed by atoms with Crippen molar-refractivity contribution in [3.8, 4) is 5.69 Å². The van der Waals surface area contributed by atoms with E-state index in [4.69, 9.17) is 11.6 Å². The molecule has 1 amide bonds. The summed E-state index contributed by atoms with van der Waals surface area (Å²) in [6.07, 6.45) is 0.316. The van der Waals surface area contributed by atoms with Gasteiger partial charge in [0.1, 0.15) is 0 Å². The second-order valence-electron chi connectivity index (χ2n) is 8.67. The van der Waals surface area contributed by atoms with Crippen LogP contribution >= 0.6 is 11.6 Å². The zero-order chi connectivity index (χ0) is 23.7. The Morgan fingerprint density at radius 2 is 1.88 bits per heavy atom. The predicted molar refractivity (Wildman–Crippen MR) is 121 cm³/mol. The van der Waals surface area contributed by atoms with Crippen LogP contribution in [0.5, 0.6) is 0 Å². The average molecular weight is 477 g/mol. The van der Waals surface area contributed by atoms with Crippen molar-refractivity contribution in [2.45, 2.75) is 44.2 Å². The molecule has 0 radical (unpaired) electrons. The van der Waals surface area contributed by atoms with E-state index < -0.39 is 15.9 Å². The highest BCUT2D eigenvalue weighted by Crippen LogP contribution is 2.28. The van der Waals surface area contributed by atoms with Crippen molar-refractivity contribution in [3.05, 3.63) is 65.1 Å². The molecule has 2 heterocycles. The summed E-state index contributed by atoms with van der Waals surface area (Å²) in [4.78, 5) is 17.1. The van der Waals surface area contributed by atoms with Crippen LogP contribution < -0.4 is 0 Å². The molecule has 1 N–H and O–H groups in total. The SMILES string of the molecule is Cc1cc(S(=O)(=O)c2cc(CN(CC(C)(C)C)C(=O)O)nn2-c2ccccc2Cl)ccn1. The van der Waals surface area contributed by atoms with Crippen LogP contribution in [-0.2, 0) is 16.4 Å². The van der Waals surface area contributed by atoms with E-state index in [2.05, 4.69) is 10.1 Å². The summed E-state index contributed by atoms with van der Waals surface area (Å²) in [7, 11) is -3.99. The van der Waals surface area contributed by atoms with Crippen LogP contribution in [-0.4, -0.2) is 45.8 Å². The molecule has 0 saturated heterocycles. The van der Waals surface area contributed by atoms with E-state index in [0.29, 0.717) is 22.1 Å². The number of benzene rings is 1. The molecular formula is C22H25ClN4O4S. The minimum Gasteiger partial charge on any atom is -0.465 e. The third-order valence-electron chi connectivity index (χ3n) is 4.55. The maximum Gasteiger partial charge on any atom is 0.407 e. The Morgan fingerprint density at radius 1 is 1.19 bits per heavy atom. The molecular weight excluding hydrogens is 452 g/mol. The van der Waals surface area contributed by atoms with Crippen molar-refractivity contribution in [2.24, 2.45) is 5.41 Å². The van der Waals surface area contributed by atoms with Crippen LogP contribution in [0.2, 0.25) is 5.02 Å². The smallest absolute Gasteiger partial charge is 0.407 e. The number of carbonyl (C=O) groups is 1. The van der Waals surface area contributed by atoms with E-state index in [9.17, 15) is 18.3 Å². The monoisotopic (exact) mass is 476 g/mol.